The molecule has 0 aromatic carbocycles. The maximum Gasteiger partial charge on any atom is 0.490 e. The maximum atomic E-state index is 12.7. The minimum Gasteiger partial charge on any atom is -0.475 e. The number of carboxylic acid groups (broad SMARTS) is 1. The number of halogens is 3. The van der Waals surface area contributed by atoms with Gasteiger partial charge in [0.15, 0.2) is 0 Å². The number of thiophene rings is 1. The molecule has 0 unspecified atom stereocenters. The predicted octanol–water partition coefficient (Wildman–Crippen LogP) is 3.18. The zero-order chi connectivity index (χ0) is 22.6. The Morgan fingerprint density at radius 3 is 2.42 bits per heavy atom. The Labute approximate surface area is 180 Å². The van der Waals surface area contributed by atoms with Crippen LogP contribution in [0, 0.1) is 0 Å². The van der Waals surface area contributed by atoms with Gasteiger partial charge in [-0.2, -0.15) is 24.5 Å². The van der Waals surface area contributed by atoms with E-state index in [0.29, 0.717) is 13.0 Å². The Hall–Kier alpha value is -2.95. The van der Waals surface area contributed by atoms with Crippen LogP contribution in [-0.2, 0) is 16.1 Å². The molecule has 2 amide bonds. The first-order valence-corrected chi connectivity index (χ1v) is 10.4. The number of rotatable bonds is 3. The summed E-state index contributed by atoms with van der Waals surface area (Å²) in [4.78, 5) is 42.0. The highest BCUT2D eigenvalue weighted by atomic mass is 32.1. The Bertz CT molecular complexity index is 922. The van der Waals surface area contributed by atoms with Gasteiger partial charge in [-0.25, -0.2) is 4.79 Å². The molecule has 2 atom stereocenters. The highest BCUT2D eigenvalue weighted by Crippen LogP contribution is 2.33. The normalized spacial score (nSPS) is 20.7. The number of amides is 2. The Kier molecular flexibility index (Phi) is 6.94. The first kappa shape index (κ1) is 22.7. The molecule has 0 saturated carbocycles. The number of hydrogen-bond acceptors (Lipinski definition) is 5. The van der Waals surface area contributed by atoms with Gasteiger partial charge in [0.2, 0.25) is 5.91 Å². The van der Waals surface area contributed by atoms with E-state index in [4.69, 9.17) is 9.90 Å². The van der Waals surface area contributed by atoms with E-state index >= 15 is 0 Å². The molecule has 2 aliphatic rings. The number of fused-ring (bicyclic) bond motifs is 1. The van der Waals surface area contributed by atoms with Crippen molar-refractivity contribution in [2.24, 2.45) is 0 Å². The van der Waals surface area contributed by atoms with Crippen LogP contribution in [0.1, 0.15) is 35.2 Å². The van der Waals surface area contributed by atoms with Crippen molar-refractivity contribution >= 4 is 29.1 Å². The summed E-state index contributed by atoms with van der Waals surface area (Å²) in [6.07, 6.45) is 0.563. The molecule has 2 aromatic heterocycles. The second-order valence-corrected chi connectivity index (χ2v) is 7.93. The topological polar surface area (TPSA) is 90.8 Å². The molecule has 0 radical (unpaired) electrons. The molecule has 2 saturated heterocycles. The van der Waals surface area contributed by atoms with E-state index in [2.05, 4.69) is 4.98 Å². The van der Waals surface area contributed by atoms with Gasteiger partial charge in [-0.3, -0.25) is 14.6 Å². The molecule has 166 valence electrons. The first-order chi connectivity index (χ1) is 14.7. The number of carboxylic acids is 1. The number of hydrogen-bond donors (Lipinski definition) is 1. The number of piperidine rings is 1. The van der Waals surface area contributed by atoms with Crippen LogP contribution in [0.15, 0.2) is 41.4 Å². The molecule has 2 fully saturated rings. The summed E-state index contributed by atoms with van der Waals surface area (Å²) in [5.41, 5.74) is 1.85. The summed E-state index contributed by atoms with van der Waals surface area (Å²) in [6, 6.07) is 6.03. The lowest BCUT2D eigenvalue weighted by molar-refractivity contribution is -0.192. The lowest BCUT2D eigenvalue weighted by Crippen LogP contribution is -2.52. The molecule has 1 N–H and O–H groups in total. The van der Waals surface area contributed by atoms with Crippen LogP contribution in [-0.4, -0.2) is 62.5 Å². The Morgan fingerprint density at radius 1 is 1.16 bits per heavy atom. The van der Waals surface area contributed by atoms with E-state index in [0.717, 1.165) is 30.5 Å². The number of carbonyl (C=O) groups excluding carboxylic acids is 2. The van der Waals surface area contributed by atoms with Crippen molar-refractivity contribution in [3.8, 4) is 0 Å². The first-order valence-electron chi connectivity index (χ1n) is 9.50. The molecule has 31 heavy (non-hydrogen) atoms. The van der Waals surface area contributed by atoms with Crippen molar-refractivity contribution in [2.45, 2.75) is 44.1 Å². The Balaban J connectivity index is 0.000000339. The van der Waals surface area contributed by atoms with Gasteiger partial charge in [0.25, 0.3) is 5.91 Å². The fraction of sp³-hybridized carbons (Fsp3) is 0.400. The third kappa shape index (κ3) is 5.40. The van der Waals surface area contributed by atoms with Gasteiger partial charge < -0.3 is 14.9 Å². The fourth-order valence-electron chi connectivity index (χ4n) is 3.84. The van der Waals surface area contributed by atoms with E-state index in [1.54, 1.807) is 23.7 Å². The van der Waals surface area contributed by atoms with Crippen molar-refractivity contribution in [2.75, 3.05) is 6.54 Å². The molecule has 0 spiro atoms. The van der Waals surface area contributed by atoms with Crippen LogP contribution in [0.4, 0.5) is 13.2 Å². The smallest absolute Gasteiger partial charge is 0.475 e. The average Bonchev–Trinajstić information content (AvgIpc) is 3.40. The number of carbonyl (C=O) groups is 3. The third-order valence-electron chi connectivity index (χ3n) is 5.26. The molecular formula is C20H20F3N3O4S. The van der Waals surface area contributed by atoms with Gasteiger partial charge in [-0.05, 0) is 42.0 Å². The van der Waals surface area contributed by atoms with Gasteiger partial charge in [0.05, 0.1) is 17.6 Å². The largest absolute Gasteiger partial charge is 0.490 e. The minimum atomic E-state index is -5.08. The minimum absolute atomic E-state index is 0.0990. The highest BCUT2D eigenvalue weighted by Gasteiger charge is 2.45. The van der Waals surface area contributed by atoms with Gasteiger partial charge in [0, 0.05) is 37.3 Å². The molecule has 2 aromatic rings. The van der Waals surface area contributed by atoms with Crippen LogP contribution in [0.25, 0.3) is 0 Å². The van der Waals surface area contributed by atoms with Crippen LogP contribution >= 0.6 is 11.3 Å². The van der Waals surface area contributed by atoms with Crippen molar-refractivity contribution < 1.29 is 32.7 Å². The lowest BCUT2D eigenvalue weighted by atomic mass is 9.95. The summed E-state index contributed by atoms with van der Waals surface area (Å²) < 4.78 is 31.7. The molecule has 0 aliphatic carbocycles. The van der Waals surface area contributed by atoms with Crippen LogP contribution < -0.4 is 0 Å². The van der Waals surface area contributed by atoms with Crippen LogP contribution in [0.2, 0.25) is 0 Å². The van der Waals surface area contributed by atoms with E-state index in [9.17, 15) is 22.8 Å². The average molecular weight is 455 g/mol. The summed E-state index contributed by atoms with van der Waals surface area (Å²) in [7, 11) is 0. The van der Waals surface area contributed by atoms with Gasteiger partial charge in [-0.15, -0.1) is 0 Å². The van der Waals surface area contributed by atoms with E-state index in [1.807, 2.05) is 38.8 Å². The maximum absolute atomic E-state index is 12.7. The lowest BCUT2D eigenvalue weighted by Gasteiger charge is -2.39. The van der Waals surface area contributed by atoms with Gasteiger partial charge in [-0.1, -0.05) is 0 Å². The van der Waals surface area contributed by atoms with Crippen molar-refractivity contribution in [3.05, 3.63) is 52.5 Å². The summed E-state index contributed by atoms with van der Waals surface area (Å²) in [5.74, 6) is -2.47. The predicted molar refractivity (Wildman–Crippen MR) is 105 cm³/mol. The molecular weight excluding hydrogens is 435 g/mol. The number of alkyl halides is 3. The second kappa shape index (κ2) is 9.46. The molecule has 11 heteroatoms. The molecule has 4 heterocycles. The Morgan fingerprint density at radius 2 is 1.84 bits per heavy atom. The third-order valence-corrected chi connectivity index (χ3v) is 5.94. The fourth-order valence-corrected chi connectivity index (χ4v) is 4.47. The molecule has 0 bridgehead atoms. The van der Waals surface area contributed by atoms with E-state index in [-0.39, 0.29) is 23.9 Å². The molecule has 7 nitrogen and oxygen atoms in total. The van der Waals surface area contributed by atoms with E-state index in [1.165, 1.54) is 0 Å². The summed E-state index contributed by atoms with van der Waals surface area (Å²) in [6.45, 7) is 1.33. The second-order valence-electron chi connectivity index (χ2n) is 7.15. The van der Waals surface area contributed by atoms with E-state index < -0.39 is 12.1 Å². The number of likely N-dealkylation sites (tertiary alicyclic amines) is 2. The van der Waals surface area contributed by atoms with Gasteiger partial charge >= 0.3 is 12.1 Å². The number of nitrogens with zero attached hydrogens (tertiary/aromatic N) is 3. The molecule has 2 aliphatic heterocycles. The van der Waals surface area contributed by atoms with Crippen LogP contribution in [0.5, 0.6) is 0 Å². The van der Waals surface area contributed by atoms with Gasteiger partial charge in [0.1, 0.15) is 0 Å². The standard InChI is InChI=1S/C18H19N3O2S.C2HF3O2/c22-17-2-1-15-16(21(17)11-13-3-7-19-8-4-13)5-9-20(15)18(23)14-6-10-24-12-14;3-2(4,5)1(6)7/h3-4,6-8,10,12,15-16H,1-2,5,9,11H2;(H,6,7)/t15-,16-;/m0./s1. The van der Waals surface area contributed by atoms with Crippen LogP contribution in [0.3, 0.4) is 0 Å². The number of aromatic nitrogens is 1. The monoisotopic (exact) mass is 455 g/mol. The quantitative estimate of drug-likeness (QED) is 0.768. The van der Waals surface area contributed by atoms with Crippen molar-refractivity contribution in [3.63, 3.8) is 0 Å². The van der Waals surface area contributed by atoms with Crippen molar-refractivity contribution in [1.82, 2.24) is 14.8 Å². The molecule has 4 rings (SSSR count). The number of aliphatic carboxylic acids is 1. The summed E-state index contributed by atoms with van der Waals surface area (Å²) in [5, 5.41) is 11.0. The number of pyridine rings is 1. The zero-order valence-electron chi connectivity index (χ0n) is 16.3. The highest BCUT2D eigenvalue weighted by molar-refractivity contribution is 7.08. The van der Waals surface area contributed by atoms with Crippen molar-refractivity contribution in [1.29, 1.82) is 0 Å². The summed E-state index contributed by atoms with van der Waals surface area (Å²) >= 11 is 1.54. The SMILES string of the molecule is O=C(O)C(F)(F)F.O=C1CC[C@H]2[C@H](CCN2C(=O)c2ccsc2)N1Cc1ccncc1. The zero-order valence-corrected chi connectivity index (χ0v) is 17.1.